The molecular formula is C28H25N3O. The Hall–Kier alpha value is -3.92. The van der Waals surface area contributed by atoms with Crippen molar-refractivity contribution in [3.63, 3.8) is 0 Å². The van der Waals surface area contributed by atoms with Gasteiger partial charge in [-0.05, 0) is 47.0 Å². The molecule has 1 N–H and O–H groups in total. The van der Waals surface area contributed by atoms with E-state index in [1.807, 2.05) is 36.4 Å². The van der Waals surface area contributed by atoms with Crippen molar-refractivity contribution in [2.75, 3.05) is 6.54 Å². The molecule has 0 radical (unpaired) electrons. The first-order chi connectivity index (χ1) is 15.8. The third kappa shape index (κ3) is 4.12. The van der Waals surface area contributed by atoms with Crippen molar-refractivity contribution in [1.82, 2.24) is 14.9 Å². The Balaban J connectivity index is 1.36. The second kappa shape index (κ2) is 9.06. The van der Waals surface area contributed by atoms with E-state index in [9.17, 15) is 4.79 Å². The number of nitrogens with zero attached hydrogens (tertiary/aromatic N) is 2. The van der Waals surface area contributed by atoms with E-state index in [0.717, 1.165) is 36.2 Å². The summed E-state index contributed by atoms with van der Waals surface area (Å²) in [4.78, 5) is 17.2. The molecule has 4 heteroatoms. The van der Waals surface area contributed by atoms with Crippen molar-refractivity contribution < 1.29 is 4.79 Å². The summed E-state index contributed by atoms with van der Waals surface area (Å²) in [7, 11) is 0. The van der Waals surface area contributed by atoms with Crippen LogP contribution in [0.15, 0.2) is 97.1 Å². The van der Waals surface area contributed by atoms with Gasteiger partial charge in [-0.25, -0.2) is 4.98 Å². The van der Waals surface area contributed by atoms with Gasteiger partial charge in [-0.1, -0.05) is 72.8 Å². The molecule has 0 unspecified atom stereocenters. The van der Waals surface area contributed by atoms with Crippen molar-refractivity contribution in [3.05, 3.63) is 114 Å². The van der Waals surface area contributed by atoms with Crippen LogP contribution in [0.5, 0.6) is 0 Å². The maximum absolute atomic E-state index is 12.3. The Morgan fingerprint density at radius 2 is 1.56 bits per heavy atom. The molecule has 5 rings (SSSR count). The molecule has 4 nitrogen and oxygen atoms in total. The Morgan fingerprint density at radius 3 is 2.47 bits per heavy atom. The fourth-order valence-electron chi connectivity index (χ4n) is 4.23. The van der Waals surface area contributed by atoms with E-state index in [1.165, 1.54) is 16.3 Å². The summed E-state index contributed by atoms with van der Waals surface area (Å²) in [6.45, 7) is 1.39. The Kier molecular flexibility index (Phi) is 5.67. The normalized spacial score (nSPS) is 11.1. The lowest BCUT2D eigenvalue weighted by molar-refractivity contribution is 0.0953. The van der Waals surface area contributed by atoms with Crippen LogP contribution < -0.4 is 5.32 Å². The molecule has 1 aromatic heterocycles. The van der Waals surface area contributed by atoms with Crippen molar-refractivity contribution in [1.29, 1.82) is 0 Å². The van der Waals surface area contributed by atoms with Gasteiger partial charge in [0.05, 0.1) is 11.0 Å². The van der Waals surface area contributed by atoms with Crippen LogP contribution in [-0.4, -0.2) is 22.0 Å². The van der Waals surface area contributed by atoms with Crippen LogP contribution in [-0.2, 0) is 13.0 Å². The monoisotopic (exact) mass is 419 g/mol. The molecule has 0 spiro atoms. The van der Waals surface area contributed by atoms with Crippen LogP contribution in [0.2, 0.25) is 0 Å². The molecule has 0 aliphatic rings. The van der Waals surface area contributed by atoms with Gasteiger partial charge >= 0.3 is 0 Å². The third-order valence-corrected chi connectivity index (χ3v) is 5.84. The number of rotatable bonds is 7. The minimum absolute atomic E-state index is 0.0325. The second-order valence-corrected chi connectivity index (χ2v) is 7.97. The van der Waals surface area contributed by atoms with Crippen molar-refractivity contribution >= 4 is 27.7 Å². The Labute approximate surface area is 187 Å². The lowest BCUT2D eigenvalue weighted by Crippen LogP contribution is -2.24. The largest absolute Gasteiger partial charge is 0.352 e. The summed E-state index contributed by atoms with van der Waals surface area (Å²) in [5, 5.41) is 5.54. The highest BCUT2D eigenvalue weighted by atomic mass is 16.1. The van der Waals surface area contributed by atoms with Crippen LogP contribution in [0.1, 0.15) is 28.2 Å². The standard InChI is InChI=1S/C28H25N3O/c32-28(22-11-2-1-3-12-22)29-19-9-18-27-30-25-16-6-7-17-26(25)31(27)20-23-14-8-13-21-10-4-5-15-24(21)23/h1-8,10-17H,9,18-20H2,(H,29,32). The van der Waals surface area contributed by atoms with E-state index in [0.29, 0.717) is 12.1 Å². The number of amides is 1. The van der Waals surface area contributed by atoms with Gasteiger partial charge in [0.2, 0.25) is 0 Å². The van der Waals surface area contributed by atoms with Gasteiger partial charge in [-0.15, -0.1) is 0 Å². The van der Waals surface area contributed by atoms with Gasteiger partial charge in [0.25, 0.3) is 5.91 Å². The number of nitrogens with one attached hydrogen (secondary N) is 1. The first-order valence-electron chi connectivity index (χ1n) is 11.0. The molecule has 5 aromatic rings. The van der Waals surface area contributed by atoms with Crippen LogP contribution in [0.25, 0.3) is 21.8 Å². The molecule has 0 atom stereocenters. The van der Waals surface area contributed by atoms with E-state index in [2.05, 4.69) is 70.5 Å². The Morgan fingerprint density at radius 1 is 0.812 bits per heavy atom. The van der Waals surface area contributed by atoms with E-state index in [1.54, 1.807) is 0 Å². The van der Waals surface area contributed by atoms with Crippen molar-refractivity contribution in [2.24, 2.45) is 0 Å². The highest BCUT2D eigenvalue weighted by Crippen LogP contribution is 2.23. The molecule has 0 aliphatic carbocycles. The predicted molar refractivity (Wildman–Crippen MR) is 130 cm³/mol. The number of aromatic nitrogens is 2. The third-order valence-electron chi connectivity index (χ3n) is 5.84. The summed E-state index contributed by atoms with van der Waals surface area (Å²) in [5.74, 6) is 1.02. The average molecular weight is 420 g/mol. The summed E-state index contributed by atoms with van der Waals surface area (Å²) < 4.78 is 2.32. The highest BCUT2D eigenvalue weighted by Gasteiger charge is 2.12. The van der Waals surface area contributed by atoms with E-state index in [4.69, 9.17) is 4.98 Å². The fraction of sp³-hybridized carbons (Fsp3) is 0.143. The summed E-state index contributed by atoms with van der Waals surface area (Å²) in [6.07, 6.45) is 1.63. The van der Waals surface area contributed by atoms with Crippen molar-refractivity contribution in [2.45, 2.75) is 19.4 Å². The lowest BCUT2D eigenvalue weighted by atomic mass is 10.0. The number of hydrogen-bond acceptors (Lipinski definition) is 2. The van der Waals surface area contributed by atoms with Gasteiger partial charge in [0.15, 0.2) is 0 Å². The molecule has 32 heavy (non-hydrogen) atoms. The van der Waals surface area contributed by atoms with Gasteiger partial charge in [-0.3, -0.25) is 4.79 Å². The number of imidazole rings is 1. The number of hydrogen-bond donors (Lipinski definition) is 1. The SMILES string of the molecule is O=C(NCCCc1nc2ccccc2n1Cc1cccc2ccccc12)c1ccccc1. The van der Waals surface area contributed by atoms with Crippen LogP contribution in [0.4, 0.5) is 0 Å². The summed E-state index contributed by atoms with van der Waals surface area (Å²) >= 11 is 0. The molecule has 0 saturated carbocycles. The fourth-order valence-corrected chi connectivity index (χ4v) is 4.23. The molecular weight excluding hydrogens is 394 g/mol. The first kappa shape index (κ1) is 20.0. The summed E-state index contributed by atoms with van der Waals surface area (Å²) in [5.41, 5.74) is 4.13. The van der Waals surface area contributed by atoms with Gasteiger partial charge in [0.1, 0.15) is 5.82 Å². The highest BCUT2D eigenvalue weighted by molar-refractivity contribution is 5.94. The van der Waals surface area contributed by atoms with Crippen LogP contribution in [0.3, 0.4) is 0 Å². The van der Waals surface area contributed by atoms with E-state index in [-0.39, 0.29) is 5.91 Å². The number of benzene rings is 4. The second-order valence-electron chi connectivity index (χ2n) is 7.97. The zero-order valence-electron chi connectivity index (χ0n) is 17.9. The van der Waals surface area contributed by atoms with Crippen molar-refractivity contribution in [3.8, 4) is 0 Å². The van der Waals surface area contributed by atoms with Crippen LogP contribution in [0, 0.1) is 0 Å². The number of fused-ring (bicyclic) bond motifs is 2. The number of carbonyl (C=O) groups is 1. The average Bonchev–Trinajstić information content (AvgIpc) is 3.19. The minimum atomic E-state index is -0.0325. The van der Waals surface area contributed by atoms with Gasteiger partial charge in [0, 0.05) is 25.1 Å². The predicted octanol–water partition coefficient (Wildman–Crippen LogP) is 5.60. The van der Waals surface area contributed by atoms with Gasteiger partial charge < -0.3 is 9.88 Å². The maximum Gasteiger partial charge on any atom is 0.251 e. The maximum atomic E-state index is 12.3. The van der Waals surface area contributed by atoms with E-state index < -0.39 is 0 Å². The minimum Gasteiger partial charge on any atom is -0.352 e. The number of para-hydroxylation sites is 2. The molecule has 0 aliphatic heterocycles. The number of aryl methyl sites for hydroxylation is 1. The topological polar surface area (TPSA) is 46.9 Å². The molecule has 1 heterocycles. The molecule has 158 valence electrons. The number of carbonyl (C=O) groups excluding carboxylic acids is 1. The first-order valence-corrected chi connectivity index (χ1v) is 11.0. The van der Waals surface area contributed by atoms with Gasteiger partial charge in [-0.2, -0.15) is 0 Å². The van der Waals surface area contributed by atoms with E-state index >= 15 is 0 Å². The smallest absolute Gasteiger partial charge is 0.251 e. The molecule has 0 fully saturated rings. The van der Waals surface area contributed by atoms with Crippen LogP contribution >= 0.6 is 0 Å². The zero-order chi connectivity index (χ0) is 21.8. The quantitative estimate of drug-likeness (QED) is 0.349. The lowest BCUT2D eigenvalue weighted by Gasteiger charge is -2.12. The molecule has 1 amide bonds. The zero-order valence-corrected chi connectivity index (χ0v) is 17.9. The molecule has 4 aromatic carbocycles. The summed E-state index contributed by atoms with van der Waals surface area (Å²) in [6, 6.07) is 32.6. The molecule has 0 saturated heterocycles. The Bertz CT molecular complexity index is 1370. The molecule has 0 bridgehead atoms.